The highest BCUT2D eigenvalue weighted by Gasteiger charge is 2.28. The van der Waals surface area contributed by atoms with Crippen molar-refractivity contribution in [2.75, 3.05) is 26.8 Å². The number of piperidine rings is 1. The number of benzene rings is 1. The summed E-state index contributed by atoms with van der Waals surface area (Å²) >= 11 is 0. The van der Waals surface area contributed by atoms with Crippen molar-refractivity contribution < 1.29 is 14.3 Å². The number of hydrogen-bond donors (Lipinski definition) is 0. The molecule has 1 aliphatic heterocycles. The molecule has 1 saturated heterocycles. The first-order valence-electron chi connectivity index (χ1n) is 10.6. The number of ether oxygens (including phenoxy) is 2. The van der Waals surface area contributed by atoms with Gasteiger partial charge in [0.15, 0.2) is 0 Å². The fraction of sp³-hybridized carbons (Fsp3) is 0.455. The molecule has 0 bridgehead atoms. The van der Waals surface area contributed by atoms with Crippen molar-refractivity contribution in [2.45, 2.75) is 32.2 Å². The zero-order chi connectivity index (χ0) is 21.8. The molecule has 164 valence electrons. The van der Waals surface area contributed by atoms with Crippen LogP contribution in [0, 0.1) is 0 Å². The average molecular weight is 425 g/mol. The van der Waals surface area contributed by atoms with Crippen LogP contribution in [-0.2, 0) is 18.3 Å². The Morgan fingerprint density at radius 3 is 2.74 bits per heavy atom. The lowest BCUT2D eigenvalue weighted by atomic mass is 9.97. The molecule has 3 heterocycles. The molecule has 1 atom stereocenters. The second-order valence-electron chi connectivity index (χ2n) is 7.71. The summed E-state index contributed by atoms with van der Waals surface area (Å²) in [7, 11) is 3.61. The highest BCUT2D eigenvalue weighted by Crippen LogP contribution is 2.27. The summed E-state index contributed by atoms with van der Waals surface area (Å²) in [6.45, 7) is 4.52. The lowest BCUT2D eigenvalue weighted by Crippen LogP contribution is -2.35. The van der Waals surface area contributed by atoms with E-state index < -0.39 is 0 Å². The minimum atomic E-state index is -0.348. The molecule has 0 spiro atoms. The molecule has 31 heavy (non-hydrogen) atoms. The van der Waals surface area contributed by atoms with Crippen LogP contribution in [0.4, 0.5) is 0 Å². The summed E-state index contributed by atoms with van der Waals surface area (Å²) in [6.07, 6.45) is 5.47. The van der Waals surface area contributed by atoms with Crippen molar-refractivity contribution in [2.24, 2.45) is 7.05 Å². The topological polar surface area (TPSA) is 87.3 Å². The van der Waals surface area contributed by atoms with Gasteiger partial charge in [-0.15, -0.1) is 10.2 Å². The first-order chi connectivity index (χ1) is 15.1. The summed E-state index contributed by atoms with van der Waals surface area (Å²) in [6, 6.07) is 7.64. The number of likely N-dealkylation sites (tertiary alicyclic amines) is 1. The first kappa shape index (κ1) is 21.0. The highest BCUT2D eigenvalue weighted by molar-refractivity contribution is 5.90. The molecular formula is C22H28N6O3. The molecule has 0 unspecified atom stereocenters. The van der Waals surface area contributed by atoms with Gasteiger partial charge < -0.3 is 14.0 Å². The lowest BCUT2D eigenvalue weighted by molar-refractivity contribution is 0.0523. The van der Waals surface area contributed by atoms with Crippen LogP contribution in [0.2, 0.25) is 0 Å². The van der Waals surface area contributed by atoms with Gasteiger partial charge in [0.1, 0.15) is 23.5 Å². The molecule has 1 aromatic carbocycles. The summed E-state index contributed by atoms with van der Waals surface area (Å²) in [5.41, 5.74) is 2.19. The van der Waals surface area contributed by atoms with Gasteiger partial charge in [-0.05, 0) is 50.6 Å². The number of carbonyl (C=O) groups is 1. The summed E-state index contributed by atoms with van der Waals surface area (Å²) in [4.78, 5) is 15.0. The van der Waals surface area contributed by atoms with Crippen LogP contribution >= 0.6 is 0 Å². The maximum absolute atomic E-state index is 12.6. The SMILES string of the molecule is CCOC(=O)c1cnn(-c2ccc(OC)cc2)c1CN1CCC[C@@H](c2nncn2C)C1. The quantitative estimate of drug-likeness (QED) is 0.539. The van der Waals surface area contributed by atoms with Crippen LogP contribution in [0.1, 0.15) is 47.6 Å². The van der Waals surface area contributed by atoms with Gasteiger partial charge in [0.05, 0.1) is 31.3 Å². The second kappa shape index (κ2) is 9.30. The van der Waals surface area contributed by atoms with E-state index in [0.717, 1.165) is 48.9 Å². The van der Waals surface area contributed by atoms with Crippen molar-refractivity contribution in [3.63, 3.8) is 0 Å². The molecule has 0 amide bonds. The van der Waals surface area contributed by atoms with Crippen LogP contribution in [0.3, 0.4) is 0 Å². The molecule has 0 aliphatic carbocycles. The van der Waals surface area contributed by atoms with Crippen LogP contribution < -0.4 is 4.74 Å². The Morgan fingerprint density at radius 1 is 1.26 bits per heavy atom. The van der Waals surface area contributed by atoms with Crippen molar-refractivity contribution in [3.05, 3.63) is 53.9 Å². The number of rotatable bonds is 7. The lowest BCUT2D eigenvalue weighted by Gasteiger charge is -2.32. The Balaban J connectivity index is 1.62. The van der Waals surface area contributed by atoms with Gasteiger partial charge >= 0.3 is 5.97 Å². The minimum absolute atomic E-state index is 0.310. The van der Waals surface area contributed by atoms with E-state index in [1.165, 1.54) is 0 Å². The van der Waals surface area contributed by atoms with Gasteiger partial charge in [0, 0.05) is 26.1 Å². The van der Waals surface area contributed by atoms with E-state index in [4.69, 9.17) is 9.47 Å². The van der Waals surface area contributed by atoms with E-state index in [1.54, 1.807) is 19.6 Å². The van der Waals surface area contributed by atoms with E-state index in [-0.39, 0.29) is 5.97 Å². The van der Waals surface area contributed by atoms with Crippen molar-refractivity contribution in [1.82, 2.24) is 29.4 Å². The summed E-state index contributed by atoms with van der Waals surface area (Å²) in [5, 5.41) is 12.9. The largest absolute Gasteiger partial charge is 0.497 e. The molecule has 1 fully saturated rings. The van der Waals surface area contributed by atoms with Gasteiger partial charge in [-0.25, -0.2) is 9.48 Å². The van der Waals surface area contributed by atoms with Gasteiger partial charge in [0.25, 0.3) is 0 Å². The van der Waals surface area contributed by atoms with Crippen LogP contribution in [0.15, 0.2) is 36.8 Å². The van der Waals surface area contributed by atoms with Crippen molar-refractivity contribution >= 4 is 5.97 Å². The second-order valence-corrected chi connectivity index (χ2v) is 7.71. The Labute approximate surface area is 181 Å². The van der Waals surface area contributed by atoms with Gasteiger partial charge in [-0.3, -0.25) is 4.90 Å². The molecule has 0 saturated carbocycles. The number of esters is 1. The molecule has 9 nitrogen and oxygen atoms in total. The van der Waals surface area contributed by atoms with Crippen LogP contribution in [0.25, 0.3) is 5.69 Å². The highest BCUT2D eigenvalue weighted by atomic mass is 16.5. The van der Waals surface area contributed by atoms with E-state index in [9.17, 15) is 4.79 Å². The first-order valence-corrected chi connectivity index (χ1v) is 10.6. The third-order valence-corrected chi connectivity index (χ3v) is 5.67. The Kier molecular flexibility index (Phi) is 6.31. The normalized spacial score (nSPS) is 16.9. The van der Waals surface area contributed by atoms with Crippen molar-refractivity contribution in [1.29, 1.82) is 0 Å². The molecule has 4 rings (SSSR count). The molecule has 0 radical (unpaired) electrons. The molecule has 9 heteroatoms. The smallest absolute Gasteiger partial charge is 0.341 e. The molecule has 1 aliphatic rings. The fourth-order valence-corrected chi connectivity index (χ4v) is 4.13. The maximum atomic E-state index is 12.6. The van der Waals surface area contributed by atoms with Crippen LogP contribution in [0.5, 0.6) is 5.75 Å². The number of aromatic nitrogens is 5. The van der Waals surface area contributed by atoms with Gasteiger partial charge in [-0.1, -0.05) is 0 Å². The molecular weight excluding hydrogens is 396 g/mol. The Hall–Kier alpha value is -3.20. The van der Waals surface area contributed by atoms with E-state index in [1.807, 2.05) is 47.5 Å². The fourth-order valence-electron chi connectivity index (χ4n) is 4.13. The van der Waals surface area contributed by atoms with Crippen LogP contribution in [-0.4, -0.2) is 62.2 Å². The van der Waals surface area contributed by atoms with Gasteiger partial charge in [-0.2, -0.15) is 5.10 Å². The minimum Gasteiger partial charge on any atom is -0.497 e. The average Bonchev–Trinajstić information content (AvgIpc) is 3.40. The third-order valence-electron chi connectivity index (χ3n) is 5.67. The van der Waals surface area contributed by atoms with E-state index in [0.29, 0.717) is 24.6 Å². The predicted molar refractivity (Wildman–Crippen MR) is 114 cm³/mol. The predicted octanol–water partition coefficient (Wildman–Crippen LogP) is 2.57. The molecule has 3 aromatic rings. The molecule has 2 aromatic heterocycles. The zero-order valence-corrected chi connectivity index (χ0v) is 18.2. The standard InChI is InChI=1S/C22H28N6O3/c1-4-31-22(29)19-12-24-28(17-7-9-18(30-3)10-8-17)20(19)14-27-11-5-6-16(13-27)21-25-23-15-26(21)2/h7-10,12,15-16H,4-6,11,13-14H2,1-3H3/t16-/m1/s1. The maximum Gasteiger partial charge on any atom is 0.341 e. The van der Waals surface area contributed by atoms with E-state index >= 15 is 0 Å². The number of methoxy groups -OCH3 is 1. The number of aryl methyl sites for hydroxylation is 1. The summed E-state index contributed by atoms with van der Waals surface area (Å²) < 4.78 is 14.4. The number of nitrogens with zero attached hydrogens (tertiary/aromatic N) is 6. The zero-order valence-electron chi connectivity index (χ0n) is 18.2. The number of carbonyl (C=O) groups excluding carboxylic acids is 1. The third kappa shape index (κ3) is 4.46. The summed E-state index contributed by atoms with van der Waals surface area (Å²) in [5.74, 6) is 1.73. The number of hydrogen-bond acceptors (Lipinski definition) is 7. The van der Waals surface area contributed by atoms with Gasteiger partial charge in [0.2, 0.25) is 0 Å². The monoisotopic (exact) mass is 424 g/mol. The molecule has 0 N–H and O–H groups in total. The van der Waals surface area contributed by atoms with E-state index in [2.05, 4.69) is 20.2 Å². The Morgan fingerprint density at radius 2 is 2.06 bits per heavy atom. The van der Waals surface area contributed by atoms with Crippen molar-refractivity contribution in [3.8, 4) is 11.4 Å². The Bertz CT molecular complexity index is 1030.